The highest BCUT2D eigenvalue weighted by atomic mass is 32.2. The Balaban J connectivity index is 1.46. The predicted octanol–water partition coefficient (Wildman–Crippen LogP) is 5.55. The number of hydrogen-bond donors (Lipinski definition) is 0. The molecule has 1 aliphatic rings. The van der Waals surface area contributed by atoms with Crippen LogP contribution < -0.4 is 9.75 Å². The lowest BCUT2D eigenvalue weighted by Gasteiger charge is -2.30. The number of aromatic nitrogens is 1. The number of carbonyl (C=O) groups excluding carboxylic acids is 1. The summed E-state index contributed by atoms with van der Waals surface area (Å²) in [7, 11) is -2.09. The summed E-state index contributed by atoms with van der Waals surface area (Å²) in [6.07, 6.45) is 3.34. The van der Waals surface area contributed by atoms with E-state index in [-0.39, 0.29) is 15.6 Å². The molecule has 0 bridgehead atoms. The number of hydrogen-bond acceptors (Lipinski definition) is 7. The standard InChI is InChI=1S/C28H27FN4O4S2/c1-19-4-3-15-32(18-19)39(35,36)24-12-7-21(8-13-24)27(34)33(30-17-20-5-10-23(37-2)11-6-20)28-31-25-14-9-22(29)16-26(25)38-28/h5-14,16-17,19H,3-4,15,18H2,1-2H3/b30-17+. The van der Waals surface area contributed by atoms with E-state index < -0.39 is 21.7 Å². The van der Waals surface area contributed by atoms with Gasteiger partial charge in [0.25, 0.3) is 5.91 Å². The number of hydrazone groups is 1. The SMILES string of the molecule is COc1ccc(/C=N/N(C(=O)c2ccc(S(=O)(=O)N3CCCC(C)C3)cc2)c2nc3ccc(F)cc3s2)cc1. The fourth-order valence-corrected chi connectivity index (χ4v) is 6.93. The van der Waals surface area contributed by atoms with E-state index >= 15 is 0 Å². The van der Waals surface area contributed by atoms with Gasteiger partial charge in [-0.05, 0) is 91.1 Å². The van der Waals surface area contributed by atoms with Crippen molar-refractivity contribution in [2.75, 3.05) is 25.2 Å². The third-order valence-electron chi connectivity index (χ3n) is 6.51. The second-order valence-corrected chi connectivity index (χ2v) is 12.3. The van der Waals surface area contributed by atoms with Crippen molar-refractivity contribution < 1.29 is 22.3 Å². The highest BCUT2D eigenvalue weighted by Crippen LogP contribution is 2.31. The minimum atomic E-state index is -3.66. The van der Waals surface area contributed by atoms with Crippen molar-refractivity contribution in [2.24, 2.45) is 11.0 Å². The number of methoxy groups -OCH3 is 1. The Hall–Kier alpha value is -3.67. The average molecular weight is 567 g/mol. The minimum Gasteiger partial charge on any atom is -0.497 e. The summed E-state index contributed by atoms with van der Waals surface area (Å²) in [6, 6.07) is 17.2. The molecule has 5 rings (SSSR count). The smallest absolute Gasteiger partial charge is 0.280 e. The predicted molar refractivity (Wildman–Crippen MR) is 151 cm³/mol. The summed E-state index contributed by atoms with van der Waals surface area (Å²) in [5.74, 6) is 0.0724. The molecule has 0 radical (unpaired) electrons. The van der Waals surface area contributed by atoms with Crippen LogP contribution in [-0.4, -0.2) is 50.0 Å². The molecule has 8 nitrogen and oxygen atoms in total. The van der Waals surface area contributed by atoms with Crippen LogP contribution in [0.4, 0.5) is 9.52 Å². The number of thiazole rings is 1. The molecule has 1 saturated heterocycles. The largest absolute Gasteiger partial charge is 0.497 e. The van der Waals surface area contributed by atoms with Gasteiger partial charge in [-0.25, -0.2) is 17.8 Å². The van der Waals surface area contributed by atoms with Gasteiger partial charge in [0.1, 0.15) is 11.6 Å². The van der Waals surface area contributed by atoms with Crippen LogP contribution in [-0.2, 0) is 10.0 Å². The number of piperidine rings is 1. The van der Waals surface area contributed by atoms with Crippen molar-refractivity contribution in [1.82, 2.24) is 9.29 Å². The van der Waals surface area contributed by atoms with Crippen molar-refractivity contribution in [3.05, 3.63) is 83.7 Å². The van der Waals surface area contributed by atoms with Crippen LogP contribution in [0.1, 0.15) is 35.7 Å². The Morgan fingerprint density at radius 3 is 2.59 bits per heavy atom. The third-order valence-corrected chi connectivity index (χ3v) is 9.38. The maximum absolute atomic E-state index is 13.8. The molecule has 1 aromatic heterocycles. The molecule has 3 aromatic carbocycles. The van der Waals surface area contributed by atoms with Gasteiger partial charge in [-0.1, -0.05) is 18.3 Å². The summed E-state index contributed by atoms with van der Waals surface area (Å²) < 4.78 is 47.4. The number of nitrogens with zero attached hydrogens (tertiary/aromatic N) is 4. The lowest BCUT2D eigenvalue weighted by molar-refractivity contribution is 0.0987. The highest BCUT2D eigenvalue weighted by Gasteiger charge is 2.29. The van der Waals surface area contributed by atoms with E-state index in [1.54, 1.807) is 37.4 Å². The topological polar surface area (TPSA) is 92.2 Å². The van der Waals surface area contributed by atoms with Gasteiger partial charge in [0.05, 0.1) is 28.4 Å². The first-order valence-electron chi connectivity index (χ1n) is 12.4. The molecule has 0 saturated carbocycles. The molecule has 0 aliphatic carbocycles. The summed E-state index contributed by atoms with van der Waals surface area (Å²) in [4.78, 5) is 18.3. The molecule has 4 aromatic rings. The van der Waals surface area contributed by atoms with Crippen molar-refractivity contribution in [3.63, 3.8) is 0 Å². The number of fused-ring (bicyclic) bond motifs is 1. The first-order valence-corrected chi connectivity index (χ1v) is 14.7. The van der Waals surface area contributed by atoms with Gasteiger partial charge in [-0.3, -0.25) is 4.79 Å². The summed E-state index contributed by atoms with van der Waals surface area (Å²) in [5.41, 5.74) is 1.49. The molecule has 0 N–H and O–H groups in total. The number of rotatable bonds is 7. The Bertz CT molecular complexity index is 1620. The number of anilines is 1. The zero-order chi connectivity index (χ0) is 27.6. The van der Waals surface area contributed by atoms with Crippen molar-refractivity contribution >= 4 is 48.8 Å². The molecule has 1 atom stereocenters. The van der Waals surface area contributed by atoms with Crippen LogP contribution in [0, 0.1) is 11.7 Å². The molecule has 1 unspecified atom stereocenters. The van der Waals surface area contributed by atoms with E-state index in [0.717, 1.165) is 34.8 Å². The van der Waals surface area contributed by atoms with Crippen LogP contribution in [0.5, 0.6) is 5.75 Å². The van der Waals surface area contributed by atoms with Gasteiger partial charge < -0.3 is 4.74 Å². The summed E-state index contributed by atoms with van der Waals surface area (Å²) >= 11 is 1.13. The maximum atomic E-state index is 13.8. The summed E-state index contributed by atoms with van der Waals surface area (Å²) in [5, 5.41) is 5.81. The molecule has 11 heteroatoms. The van der Waals surface area contributed by atoms with Crippen LogP contribution >= 0.6 is 11.3 Å². The monoisotopic (exact) mass is 566 g/mol. The zero-order valence-electron chi connectivity index (χ0n) is 21.5. The van der Waals surface area contributed by atoms with Gasteiger partial charge >= 0.3 is 0 Å². The average Bonchev–Trinajstić information content (AvgIpc) is 3.36. The van der Waals surface area contributed by atoms with Gasteiger partial charge in [0.2, 0.25) is 15.2 Å². The molecule has 39 heavy (non-hydrogen) atoms. The highest BCUT2D eigenvalue weighted by molar-refractivity contribution is 7.89. The number of benzene rings is 3. The summed E-state index contributed by atoms with van der Waals surface area (Å²) in [6.45, 7) is 3.01. The van der Waals surface area contributed by atoms with Crippen LogP contribution in [0.25, 0.3) is 10.2 Å². The maximum Gasteiger partial charge on any atom is 0.280 e. The Morgan fingerprint density at radius 2 is 1.90 bits per heavy atom. The van der Waals surface area contributed by atoms with E-state index in [0.29, 0.717) is 35.0 Å². The number of sulfonamides is 1. The number of amides is 1. The lowest BCUT2D eigenvalue weighted by atomic mass is 10.0. The second kappa shape index (κ2) is 11.2. The zero-order valence-corrected chi connectivity index (χ0v) is 23.1. The van der Waals surface area contributed by atoms with Gasteiger partial charge in [0, 0.05) is 18.7 Å². The third kappa shape index (κ3) is 5.85. The van der Waals surface area contributed by atoms with Crippen LogP contribution in [0.3, 0.4) is 0 Å². The Kier molecular flexibility index (Phi) is 7.74. The molecule has 202 valence electrons. The van der Waals surface area contributed by atoms with E-state index in [2.05, 4.69) is 10.1 Å². The molecule has 1 aliphatic heterocycles. The molecule has 1 fully saturated rings. The van der Waals surface area contributed by atoms with Crippen molar-refractivity contribution in [2.45, 2.75) is 24.7 Å². The number of carbonyl (C=O) groups is 1. The van der Waals surface area contributed by atoms with Gasteiger partial charge in [0.15, 0.2) is 0 Å². The van der Waals surface area contributed by atoms with Crippen molar-refractivity contribution in [1.29, 1.82) is 0 Å². The quantitative estimate of drug-likeness (QED) is 0.216. The lowest BCUT2D eigenvalue weighted by Crippen LogP contribution is -2.39. The molecule has 2 heterocycles. The van der Waals surface area contributed by atoms with Gasteiger partial charge in [-0.15, -0.1) is 0 Å². The van der Waals surface area contributed by atoms with E-state index in [9.17, 15) is 17.6 Å². The van der Waals surface area contributed by atoms with Crippen molar-refractivity contribution in [3.8, 4) is 5.75 Å². The van der Waals surface area contributed by atoms with Crippen LogP contribution in [0.15, 0.2) is 76.7 Å². The fourth-order valence-electron chi connectivity index (χ4n) is 4.39. The molecule has 1 amide bonds. The van der Waals surface area contributed by atoms with E-state index in [1.165, 1.54) is 46.9 Å². The Morgan fingerprint density at radius 1 is 1.15 bits per heavy atom. The van der Waals surface area contributed by atoms with E-state index in [1.807, 2.05) is 6.92 Å². The normalized spacial score (nSPS) is 16.5. The van der Waals surface area contributed by atoms with Crippen LogP contribution in [0.2, 0.25) is 0 Å². The Labute approximate surface area is 230 Å². The minimum absolute atomic E-state index is 0.136. The number of halogens is 1. The molecule has 0 spiro atoms. The second-order valence-electron chi connectivity index (χ2n) is 9.38. The number of ether oxygens (including phenoxy) is 1. The van der Waals surface area contributed by atoms with E-state index in [4.69, 9.17) is 4.74 Å². The first kappa shape index (κ1) is 26.9. The first-order chi connectivity index (χ1) is 18.7. The molecular weight excluding hydrogens is 539 g/mol. The van der Waals surface area contributed by atoms with Gasteiger partial charge in [-0.2, -0.15) is 14.4 Å². The molecular formula is C28H27FN4O4S2. The fraction of sp³-hybridized carbons (Fsp3) is 0.250.